The van der Waals surface area contributed by atoms with Crippen LogP contribution in [0.4, 0.5) is 0 Å². The lowest BCUT2D eigenvalue weighted by Gasteiger charge is -2.17. The van der Waals surface area contributed by atoms with E-state index in [2.05, 4.69) is 28.7 Å². The second kappa shape index (κ2) is 6.39. The van der Waals surface area contributed by atoms with Crippen LogP contribution in [-0.4, -0.2) is 39.6 Å². The first-order valence-corrected chi connectivity index (χ1v) is 6.15. The lowest BCUT2D eigenvalue weighted by Crippen LogP contribution is -2.27. The van der Waals surface area contributed by atoms with Gasteiger partial charge < -0.3 is 15.0 Å². The lowest BCUT2D eigenvalue weighted by atomic mass is 10.2. The highest BCUT2D eigenvalue weighted by Crippen LogP contribution is 2.09. The van der Waals surface area contributed by atoms with E-state index in [4.69, 9.17) is 0 Å². The number of hydrogen-bond donors (Lipinski definition) is 2. The molecule has 0 saturated heterocycles. The first-order valence-electron chi connectivity index (χ1n) is 6.15. The summed E-state index contributed by atoms with van der Waals surface area (Å²) in [5.74, 6) is 0.419. The Labute approximate surface area is 102 Å². The predicted molar refractivity (Wildman–Crippen MR) is 67.4 cm³/mol. The van der Waals surface area contributed by atoms with Gasteiger partial charge in [0.25, 0.3) is 5.56 Å². The number of aromatic amines is 1. The monoisotopic (exact) mass is 239 g/mol. The van der Waals surface area contributed by atoms with Crippen LogP contribution in [-0.2, 0) is 12.8 Å². The molecule has 0 unspecified atom stereocenters. The summed E-state index contributed by atoms with van der Waals surface area (Å²) in [5, 5.41) is 9.61. The van der Waals surface area contributed by atoms with Crippen molar-refractivity contribution in [2.75, 3.05) is 19.6 Å². The molecule has 1 heterocycles. The molecule has 0 fully saturated rings. The second-order valence-corrected chi connectivity index (χ2v) is 3.95. The Balaban J connectivity index is 2.77. The molecular weight excluding hydrogens is 218 g/mol. The van der Waals surface area contributed by atoms with Gasteiger partial charge in [-0.1, -0.05) is 20.8 Å². The molecular formula is C12H21N3O2. The molecule has 0 spiro atoms. The maximum Gasteiger partial charge on any atom is 0.257 e. The maximum atomic E-state index is 11.6. The normalized spacial score (nSPS) is 11.1. The first-order chi connectivity index (χ1) is 8.12. The minimum atomic E-state index is -0.227. The van der Waals surface area contributed by atoms with Crippen LogP contribution in [0.2, 0.25) is 0 Å². The standard InChI is InChI=1S/C12H21N3O2/c1-4-9-11(16)13-10(14-12(9)17)7-8-15(5-2)6-3/h4-8H2,1-3H3,(H2,13,14,16,17). The average Bonchev–Trinajstić information content (AvgIpc) is 2.30. The fraction of sp³-hybridized carbons (Fsp3) is 0.667. The van der Waals surface area contributed by atoms with E-state index in [1.807, 2.05) is 6.92 Å². The largest absolute Gasteiger partial charge is 0.493 e. The van der Waals surface area contributed by atoms with E-state index >= 15 is 0 Å². The summed E-state index contributed by atoms with van der Waals surface area (Å²) in [7, 11) is 0. The maximum absolute atomic E-state index is 11.6. The summed E-state index contributed by atoms with van der Waals surface area (Å²) in [5.41, 5.74) is 0.131. The number of nitrogens with zero attached hydrogens (tertiary/aromatic N) is 2. The number of hydrogen-bond acceptors (Lipinski definition) is 4. The summed E-state index contributed by atoms with van der Waals surface area (Å²) in [6, 6.07) is 0. The zero-order chi connectivity index (χ0) is 12.8. The highest BCUT2D eigenvalue weighted by molar-refractivity contribution is 5.22. The van der Waals surface area contributed by atoms with Crippen molar-refractivity contribution in [2.24, 2.45) is 0 Å². The molecule has 1 aromatic rings. The Hall–Kier alpha value is -1.36. The van der Waals surface area contributed by atoms with Gasteiger partial charge in [-0.2, -0.15) is 0 Å². The van der Waals surface area contributed by atoms with Gasteiger partial charge in [0.1, 0.15) is 5.82 Å². The Bertz CT molecular complexity index is 411. The van der Waals surface area contributed by atoms with Gasteiger partial charge in [0.2, 0.25) is 5.88 Å². The van der Waals surface area contributed by atoms with Crippen LogP contribution in [0.1, 0.15) is 32.2 Å². The van der Waals surface area contributed by atoms with Gasteiger partial charge in [-0.3, -0.25) is 4.79 Å². The summed E-state index contributed by atoms with van der Waals surface area (Å²) in [4.78, 5) is 20.6. The van der Waals surface area contributed by atoms with Crippen molar-refractivity contribution in [2.45, 2.75) is 33.6 Å². The fourth-order valence-electron chi connectivity index (χ4n) is 1.77. The Morgan fingerprint density at radius 3 is 2.41 bits per heavy atom. The molecule has 1 aromatic heterocycles. The smallest absolute Gasteiger partial charge is 0.257 e. The predicted octanol–water partition coefficient (Wildman–Crippen LogP) is 0.922. The van der Waals surface area contributed by atoms with Gasteiger partial charge >= 0.3 is 0 Å². The van der Waals surface area contributed by atoms with Crippen molar-refractivity contribution in [1.29, 1.82) is 0 Å². The first kappa shape index (κ1) is 13.7. The molecule has 0 aromatic carbocycles. The second-order valence-electron chi connectivity index (χ2n) is 3.95. The van der Waals surface area contributed by atoms with Crippen LogP contribution < -0.4 is 5.56 Å². The van der Waals surface area contributed by atoms with Crippen molar-refractivity contribution in [1.82, 2.24) is 14.9 Å². The fourth-order valence-corrected chi connectivity index (χ4v) is 1.77. The van der Waals surface area contributed by atoms with Crippen molar-refractivity contribution in [3.05, 3.63) is 21.7 Å². The number of nitrogens with one attached hydrogen (secondary N) is 1. The molecule has 0 aliphatic carbocycles. The number of likely N-dealkylation sites (N-methyl/N-ethyl adjacent to an activating group) is 1. The van der Waals surface area contributed by atoms with E-state index in [0.29, 0.717) is 24.2 Å². The van der Waals surface area contributed by atoms with Gasteiger partial charge in [-0.05, 0) is 19.5 Å². The van der Waals surface area contributed by atoms with E-state index in [1.165, 1.54) is 0 Å². The van der Waals surface area contributed by atoms with E-state index in [1.54, 1.807) is 0 Å². The summed E-state index contributed by atoms with van der Waals surface area (Å²) < 4.78 is 0. The van der Waals surface area contributed by atoms with Gasteiger partial charge in [-0.15, -0.1) is 0 Å². The molecule has 0 saturated carbocycles. The molecule has 0 aliphatic rings. The zero-order valence-electron chi connectivity index (χ0n) is 10.8. The number of rotatable bonds is 6. The van der Waals surface area contributed by atoms with Gasteiger partial charge in [0.05, 0.1) is 5.56 Å². The molecule has 0 amide bonds. The molecule has 5 heteroatoms. The van der Waals surface area contributed by atoms with Crippen LogP contribution in [0.5, 0.6) is 5.88 Å². The summed E-state index contributed by atoms with van der Waals surface area (Å²) >= 11 is 0. The Morgan fingerprint density at radius 1 is 1.29 bits per heavy atom. The quantitative estimate of drug-likeness (QED) is 0.774. The van der Waals surface area contributed by atoms with Crippen molar-refractivity contribution in [3.8, 4) is 5.88 Å². The van der Waals surface area contributed by atoms with Crippen LogP contribution in [0.3, 0.4) is 0 Å². The van der Waals surface area contributed by atoms with Crippen LogP contribution in [0.15, 0.2) is 4.79 Å². The number of aromatic nitrogens is 2. The third-order valence-electron chi connectivity index (χ3n) is 2.96. The van der Waals surface area contributed by atoms with Gasteiger partial charge in [-0.25, -0.2) is 4.98 Å². The lowest BCUT2D eigenvalue weighted by molar-refractivity contribution is 0.305. The molecule has 0 radical (unpaired) electrons. The molecule has 0 bridgehead atoms. The van der Waals surface area contributed by atoms with E-state index < -0.39 is 0 Å². The van der Waals surface area contributed by atoms with Crippen LogP contribution >= 0.6 is 0 Å². The third-order valence-corrected chi connectivity index (χ3v) is 2.96. The van der Waals surface area contributed by atoms with Crippen molar-refractivity contribution in [3.63, 3.8) is 0 Å². The van der Waals surface area contributed by atoms with E-state index in [9.17, 15) is 9.90 Å². The summed E-state index contributed by atoms with van der Waals surface area (Å²) in [6.07, 6.45) is 1.14. The third kappa shape index (κ3) is 3.56. The molecule has 5 nitrogen and oxygen atoms in total. The molecule has 2 N–H and O–H groups in total. The topological polar surface area (TPSA) is 69.2 Å². The van der Waals surface area contributed by atoms with Gasteiger partial charge in [0, 0.05) is 13.0 Å². The van der Waals surface area contributed by atoms with Crippen molar-refractivity contribution < 1.29 is 5.11 Å². The molecule has 0 atom stereocenters. The Morgan fingerprint density at radius 2 is 1.94 bits per heavy atom. The zero-order valence-corrected chi connectivity index (χ0v) is 10.8. The van der Waals surface area contributed by atoms with Crippen LogP contribution in [0.25, 0.3) is 0 Å². The molecule has 17 heavy (non-hydrogen) atoms. The summed E-state index contributed by atoms with van der Waals surface area (Å²) in [6.45, 7) is 8.79. The van der Waals surface area contributed by atoms with E-state index in [0.717, 1.165) is 19.6 Å². The highest BCUT2D eigenvalue weighted by Gasteiger charge is 2.09. The highest BCUT2D eigenvalue weighted by atomic mass is 16.3. The van der Waals surface area contributed by atoms with E-state index in [-0.39, 0.29) is 11.4 Å². The molecule has 0 aliphatic heterocycles. The Kier molecular flexibility index (Phi) is 5.15. The molecule has 96 valence electrons. The van der Waals surface area contributed by atoms with Gasteiger partial charge in [0.15, 0.2) is 0 Å². The number of H-pyrrole nitrogens is 1. The SMILES string of the molecule is CCc1c(O)nc(CCN(CC)CC)[nH]c1=O. The minimum Gasteiger partial charge on any atom is -0.493 e. The van der Waals surface area contributed by atoms with Crippen LogP contribution in [0, 0.1) is 0 Å². The molecule has 1 rings (SSSR count). The van der Waals surface area contributed by atoms with Crippen molar-refractivity contribution >= 4 is 0 Å². The minimum absolute atomic E-state index is 0.134. The average molecular weight is 239 g/mol. The number of aromatic hydroxyl groups is 1.